The average molecular weight is 297 g/mol. The largest absolute Gasteiger partial charge is 0.430 e. The molecule has 1 amide bonds. The Morgan fingerprint density at radius 2 is 2.32 bits per heavy atom. The first-order valence-electron chi connectivity index (χ1n) is 6.02. The van der Waals surface area contributed by atoms with Gasteiger partial charge >= 0.3 is 11.9 Å². The van der Waals surface area contributed by atoms with Gasteiger partial charge in [-0.2, -0.15) is 0 Å². The maximum Gasteiger partial charge on any atom is 0.399 e. The van der Waals surface area contributed by atoms with Gasteiger partial charge in [0.05, 0.1) is 10.9 Å². The van der Waals surface area contributed by atoms with Crippen molar-refractivity contribution in [2.75, 3.05) is 4.90 Å². The molecule has 2 fully saturated rings. The van der Waals surface area contributed by atoms with Crippen molar-refractivity contribution in [2.45, 2.75) is 35.3 Å². The Hall–Kier alpha value is -1.27. The van der Waals surface area contributed by atoms with E-state index >= 15 is 0 Å². The quantitative estimate of drug-likeness (QED) is 0.416. The molecule has 1 aliphatic carbocycles. The van der Waals surface area contributed by atoms with E-state index in [-0.39, 0.29) is 5.25 Å². The highest BCUT2D eigenvalue weighted by molar-refractivity contribution is 8.00. The maximum atomic E-state index is 12.1. The van der Waals surface area contributed by atoms with Crippen LogP contribution in [-0.2, 0) is 14.3 Å². The molecular weight excluding hydrogens is 288 g/mol. The molecule has 3 heterocycles. The van der Waals surface area contributed by atoms with Crippen molar-refractivity contribution in [3.8, 4) is 0 Å². The fraction of sp³-hybridized carbons (Fsp3) is 0.417. The molecule has 3 aliphatic rings. The van der Waals surface area contributed by atoms with Gasteiger partial charge in [-0.15, -0.1) is 0 Å². The number of carbonyl (C=O) groups excluding carboxylic acids is 2. The summed E-state index contributed by atoms with van der Waals surface area (Å²) in [6, 6.07) is 3.35. The minimum Gasteiger partial charge on any atom is -0.430 e. The van der Waals surface area contributed by atoms with Crippen molar-refractivity contribution in [3.05, 3.63) is 17.3 Å². The van der Waals surface area contributed by atoms with Crippen LogP contribution in [0.1, 0.15) is 19.3 Å². The van der Waals surface area contributed by atoms with Gasteiger partial charge < -0.3 is 4.74 Å². The molecule has 1 saturated heterocycles. The number of ether oxygens (including phenoxy) is 1. The Bertz CT molecular complexity index is 623. The summed E-state index contributed by atoms with van der Waals surface area (Å²) in [5, 5.41) is 1.12. The summed E-state index contributed by atoms with van der Waals surface area (Å²) in [7, 11) is 0. The standard InChI is InChI=1S/C12H9ClN2O3S/c13-8-4-3-6-9(14-8)19-7-2-1-5-12(7)15(6)10(16)11(17)18-12/h3-4,7H,1-2,5H2/t7-,12+/m1/s1. The molecule has 0 aromatic carbocycles. The number of amides is 1. The van der Waals surface area contributed by atoms with Gasteiger partial charge in [-0.1, -0.05) is 23.4 Å². The summed E-state index contributed by atoms with van der Waals surface area (Å²) in [6.45, 7) is 0. The maximum absolute atomic E-state index is 12.1. The van der Waals surface area contributed by atoms with Crippen LogP contribution < -0.4 is 4.90 Å². The molecule has 1 saturated carbocycles. The lowest BCUT2D eigenvalue weighted by Crippen LogP contribution is -2.53. The Kier molecular flexibility index (Phi) is 2.21. The molecule has 2 atom stereocenters. The van der Waals surface area contributed by atoms with Crippen LogP contribution >= 0.6 is 23.4 Å². The van der Waals surface area contributed by atoms with Gasteiger partial charge in [0.2, 0.25) is 5.72 Å². The number of esters is 1. The second kappa shape index (κ2) is 3.64. The molecule has 4 rings (SSSR count). The average Bonchev–Trinajstić information content (AvgIpc) is 2.87. The number of hydrogen-bond acceptors (Lipinski definition) is 5. The number of fused-ring (bicyclic) bond motifs is 2. The lowest BCUT2D eigenvalue weighted by atomic mass is 10.1. The lowest BCUT2D eigenvalue weighted by molar-refractivity contribution is -0.152. The highest BCUT2D eigenvalue weighted by Gasteiger charge is 2.63. The molecule has 1 aromatic rings. The SMILES string of the molecule is O=C1O[C@@]23CCC[C@H]2Sc2nc(Cl)ccc2N3C1=O. The van der Waals surface area contributed by atoms with Crippen molar-refractivity contribution in [1.82, 2.24) is 4.98 Å². The number of aromatic nitrogens is 1. The van der Waals surface area contributed by atoms with Crippen molar-refractivity contribution >= 4 is 40.9 Å². The third-order valence-corrected chi connectivity index (χ3v) is 5.45. The zero-order valence-electron chi connectivity index (χ0n) is 9.76. The number of rotatable bonds is 0. The van der Waals surface area contributed by atoms with Gasteiger partial charge in [0, 0.05) is 6.42 Å². The molecule has 0 N–H and O–H groups in total. The summed E-state index contributed by atoms with van der Waals surface area (Å²) < 4.78 is 5.43. The predicted molar refractivity (Wildman–Crippen MR) is 69.1 cm³/mol. The van der Waals surface area contributed by atoms with E-state index in [0.29, 0.717) is 22.3 Å². The van der Waals surface area contributed by atoms with Crippen LogP contribution in [0.25, 0.3) is 0 Å². The monoisotopic (exact) mass is 296 g/mol. The Labute approximate surface area is 118 Å². The summed E-state index contributed by atoms with van der Waals surface area (Å²) in [5.74, 6) is -1.37. The smallest absolute Gasteiger partial charge is 0.399 e. The molecule has 98 valence electrons. The third-order valence-electron chi connectivity index (χ3n) is 3.83. The van der Waals surface area contributed by atoms with Crippen LogP contribution in [0.4, 0.5) is 5.69 Å². The minimum atomic E-state index is -0.804. The van der Waals surface area contributed by atoms with E-state index < -0.39 is 17.6 Å². The first-order valence-corrected chi connectivity index (χ1v) is 7.28. The molecule has 7 heteroatoms. The molecule has 0 radical (unpaired) electrons. The van der Waals surface area contributed by atoms with E-state index in [9.17, 15) is 9.59 Å². The van der Waals surface area contributed by atoms with Gasteiger partial charge in [0.15, 0.2) is 0 Å². The highest BCUT2D eigenvalue weighted by atomic mass is 35.5. The van der Waals surface area contributed by atoms with Gasteiger partial charge in [0.25, 0.3) is 0 Å². The first-order chi connectivity index (χ1) is 9.12. The zero-order chi connectivity index (χ0) is 13.2. The van der Waals surface area contributed by atoms with Crippen molar-refractivity contribution in [1.29, 1.82) is 0 Å². The van der Waals surface area contributed by atoms with E-state index in [0.717, 1.165) is 12.8 Å². The Balaban J connectivity index is 1.95. The summed E-state index contributed by atoms with van der Waals surface area (Å²) in [4.78, 5) is 29.5. The van der Waals surface area contributed by atoms with Crippen molar-refractivity contribution in [3.63, 3.8) is 0 Å². The first kappa shape index (κ1) is 11.5. The normalized spacial score (nSPS) is 31.8. The Morgan fingerprint density at radius 1 is 1.47 bits per heavy atom. The van der Waals surface area contributed by atoms with Crippen LogP contribution in [0.2, 0.25) is 5.15 Å². The molecule has 0 unspecified atom stereocenters. The molecular formula is C12H9ClN2O3S. The molecule has 19 heavy (non-hydrogen) atoms. The number of halogens is 1. The number of thioether (sulfide) groups is 1. The predicted octanol–water partition coefficient (Wildman–Crippen LogP) is 1.98. The van der Waals surface area contributed by atoms with Crippen LogP contribution in [0.5, 0.6) is 0 Å². The lowest BCUT2D eigenvalue weighted by Gasteiger charge is -2.40. The molecule has 1 spiro atoms. The van der Waals surface area contributed by atoms with E-state index in [1.165, 1.54) is 4.90 Å². The number of carbonyl (C=O) groups is 2. The number of anilines is 1. The fourth-order valence-electron chi connectivity index (χ4n) is 3.08. The number of nitrogens with zero attached hydrogens (tertiary/aromatic N) is 2. The summed E-state index contributed by atoms with van der Waals surface area (Å²) >= 11 is 7.45. The second-order valence-corrected chi connectivity index (χ2v) is 6.41. The fourth-order valence-corrected chi connectivity index (χ4v) is 4.72. The number of pyridine rings is 1. The topological polar surface area (TPSA) is 59.5 Å². The van der Waals surface area contributed by atoms with Gasteiger partial charge in [0.1, 0.15) is 10.2 Å². The van der Waals surface area contributed by atoms with Crippen molar-refractivity contribution < 1.29 is 14.3 Å². The number of hydrogen-bond donors (Lipinski definition) is 0. The van der Waals surface area contributed by atoms with E-state index in [4.69, 9.17) is 16.3 Å². The second-order valence-electron chi connectivity index (χ2n) is 4.83. The Morgan fingerprint density at radius 3 is 3.16 bits per heavy atom. The van der Waals surface area contributed by atoms with Crippen LogP contribution in [-0.4, -0.2) is 27.8 Å². The molecule has 0 bridgehead atoms. The third kappa shape index (κ3) is 1.36. The van der Waals surface area contributed by atoms with Crippen LogP contribution in [0.3, 0.4) is 0 Å². The zero-order valence-corrected chi connectivity index (χ0v) is 11.3. The molecule has 5 nitrogen and oxygen atoms in total. The highest BCUT2D eigenvalue weighted by Crippen LogP contribution is 2.55. The van der Waals surface area contributed by atoms with E-state index in [2.05, 4.69) is 4.98 Å². The molecule has 2 aliphatic heterocycles. The summed E-state index contributed by atoms with van der Waals surface area (Å²) in [6.07, 6.45) is 2.51. The van der Waals surface area contributed by atoms with Gasteiger partial charge in [-0.25, -0.2) is 9.78 Å². The van der Waals surface area contributed by atoms with E-state index in [1.807, 2.05) is 0 Å². The minimum absolute atomic E-state index is 0.0429. The van der Waals surface area contributed by atoms with Crippen molar-refractivity contribution in [2.24, 2.45) is 0 Å². The van der Waals surface area contributed by atoms with Crippen LogP contribution in [0.15, 0.2) is 17.2 Å². The van der Waals surface area contributed by atoms with Crippen LogP contribution in [0, 0.1) is 0 Å². The van der Waals surface area contributed by atoms with Gasteiger partial charge in [-0.05, 0) is 25.0 Å². The molecule has 1 aromatic heterocycles. The van der Waals surface area contributed by atoms with Gasteiger partial charge in [-0.3, -0.25) is 9.69 Å². The van der Waals surface area contributed by atoms with E-state index in [1.54, 1.807) is 23.9 Å². The summed E-state index contributed by atoms with van der Waals surface area (Å²) in [5.41, 5.74) is -0.176.